The van der Waals surface area contributed by atoms with Gasteiger partial charge in [-0.1, -0.05) is 25.3 Å². The second-order valence-corrected chi connectivity index (χ2v) is 7.08. The van der Waals surface area contributed by atoms with E-state index in [2.05, 4.69) is 16.4 Å². The van der Waals surface area contributed by atoms with Gasteiger partial charge in [-0.3, -0.25) is 9.78 Å². The van der Waals surface area contributed by atoms with Gasteiger partial charge in [0.15, 0.2) is 0 Å². The van der Waals surface area contributed by atoms with Crippen molar-refractivity contribution in [3.8, 4) is 0 Å². The van der Waals surface area contributed by atoms with E-state index in [1.165, 1.54) is 37.7 Å². The van der Waals surface area contributed by atoms with Crippen molar-refractivity contribution in [2.45, 2.75) is 56.5 Å². The lowest BCUT2D eigenvalue weighted by molar-refractivity contribution is -0.129. The van der Waals surface area contributed by atoms with Crippen LogP contribution in [0.3, 0.4) is 0 Å². The number of likely N-dealkylation sites (tertiary alicyclic amines) is 1. The van der Waals surface area contributed by atoms with E-state index in [-0.39, 0.29) is 17.3 Å². The van der Waals surface area contributed by atoms with Gasteiger partial charge in [-0.2, -0.15) is 0 Å². The molecule has 3 rings (SSSR count). The van der Waals surface area contributed by atoms with Crippen molar-refractivity contribution in [3.63, 3.8) is 0 Å². The van der Waals surface area contributed by atoms with Crippen LogP contribution in [-0.4, -0.2) is 40.8 Å². The molecule has 1 saturated carbocycles. The molecule has 2 heterocycles. The lowest BCUT2D eigenvalue weighted by Crippen LogP contribution is -2.53. The molecule has 2 fully saturated rings. The molecule has 0 atom stereocenters. The van der Waals surface area contributed by atoms with E-state index < -0.39 is 0 Å². The normalized spacial score (nSPS) is 22.0. The van der Waals surface area contributed by atoms with E-state index in [1.807, 2.05) is 23.4 Å². The zero-order valence-electron chi connectivity index (χ0n) is 13.6. The van der Waals surface area contributed by atoms with Crippen LogP contribution in [0.1, 0.15) is 50.5 Å². The van der Waals surface area contributed by atoms with E-state index in [0.29, 0.717) is 6.04 Å². The van der Waals surface area contributed by atoms with Gasteiger partial charge in [0.25, 0.3) is 0 Å². The number of halogens is 1. The molecule has 1 aliphatic carbocycles. The van der Waals surface area contributed by atoms with Crippen molar-refractivity contribution < 1.29 is 4.79 Å². The van der Waals surface area contributed by atoms with Crippen molar-refractivity contribution >= 4 is 17.5 Å². The lowest BCUT2D eigenvalue weighted by Gasteiger charge is -2.43. The van der Waals surface area contributed by atoms with Crippen LogP contribution >= 0.6 is 11.6 Å². The highest BCUT2D eigenvalue weighted by Gasteiger charge is 2.36. The van der Waals surface area contributed by atoms with Crippen LogP contribution in [0.4, 0.5) is 0 Å². The van der Waals surface area contributed by atoms with Crippen LogP contribution in [0.2, 0.25) is 0 Å². The first-order chi connectivity index (χ1) is 11.2. The zero-order valence-corrected chi connectivity index (χ0v) is 14.4. The molecule has 23 heavy (non-hydrogen) atoms. The Balaban J connectivity index is 1.67. The molecule has 0 radical (unpaired) electrons. The molecule has 1 saturated heterocycles. The average Bonchev–Trinajstić information content (AvgIpc) is 2.63. The van der Waals surface area contributed by atoms with Gasteiger partial charge in [-0.25, -0.2) is 0 Å². The summed E-state index contributed by atoms with van der Waals surface area (Å²) >= 11 is 5.67. The van der Waals surface area contributed by atoms with Crippen molar-refractivity contribution in [3.05, 3.63) is 30.1 Å². The van der Waals surface area contributed by atoms with Gasteiger partial charge < -0.3 is 10.2 Å². The molecule has 4 nitrogen and oxygen atoms in total. The second kappa shape index (κ2) is 7.63. The summed E-state index contributed by atoms with van der Waals surface area (Å²) < 4.78 is 0. The van der Waals surface area contributed by atoms with Crippen molar-refractivity contribution in [2.75, 3.05) is 19.0 Å². The van der Waals surface area contributed by atoms with Crippen LogP contribution < -0.4 is 5.32 Å². The minimum absolute atomic E-state index is 0.0600. The van der Waals surface area contributed by atoms with Crippen LogP contribution in [0.15, 0.2) is 24.5 Å². The molecule has 2 aliphatic rings. The van der Waals surface area contributed by atoms with Crippen LogP contribution in [0, 0.1) is 0 Å². The molecule has 1 aliphatic heterocycles. The zero-order chi connectivity index (χ0) is 16.1. The Morgan fingerprint density at radius 3 is 2.65 bits per heavy atom. The van der Waals surface area contributed by atoms with Gasteiger partial charge in [0.05, 0.1) is 0 Å². The summed E-state index contributed by atoms with van der Waals surface area (Å²) in [6.45, 7) is 1.62. The summed E-state index contributed by atoms with van der Waals surface area (Å²) in [5, 5.41) is 3.95. The van der Waals surface area contributed by atoms with Gasteiger partial charge in [0, 0.05) is 37.1 Å². The number of amides is 1. The Morgan fingerprint density at radius 1 is 1.30 bits per heavy atom. The fourth-order valence-electron chi connectivity index (χ4n) is 4.07. The van der Waals surface area contributed by atoms with Crippen LogP contribution in [0.25, 0.3) is 0 Å². The molecular weight excluding hydrogens is 310 g/mol. The molecule has 0 bridgehead atoms. The highest BCUT2D eigenvalue weighted by atomic mass is 35.5. The number of carbonyl (C=O) groups is 1. The van der Waals surface area contributed by atoms with E-state index in [1.54, 1.807) is 0 Å². The maximum absolute atomic E-state index is 11.7. The monoisotopic (exact) mass is 335 g/mol. The average molecular weight is 336 g/mol. The minimum atomic E-state index is 0.0600. The summed E-state index contributed by atoms with van der Waals surface area (Å²) in [4.78, 5) is 17.9. The highest BCUT2D eigenvalue weighted by Crippen LogP contribution is 2.38. The topological polar surface area (TPSA) is 45.2 Å². The Morgan fingerprint density at radius 2 is 2.04 bits per heavy atom. The number of nitrogens with zero attached hydrogens (tertiary/aromatic N) is 2. The third-order valence-corrected chi connectivity index (χ3v) is 5.59. The quantitative estimate of drug-likeness (QED) is 0.860. The molecule has 1 aromatic rings. The third kappa shape index (κ3) is 3.86. The lowest BCUT2D eigenvalue weighted by atomic mass is 9.76. The number of pyridine rings is 1. The van der Waals surface area contributed by atoms with E-state index in [4.69, 9.17) is 11.6 Å². The summed E-state index contributed by atoms with van der Waals surface area (Å²) in [6.07, 6.45) is 12.1. The van der Waals surface area contributed by atoms with Crippen LogP contribution in [0.5, 0.6) is 0 Å². The summed E-state index contributed by atoms with van der Waals surface area (Å²) in [5.41, 5.74) is 1.38. The first kappa shape index (κ1) is 16.7. The SMILES string of the molecule is O=C(CCl)N1CCC(NC2(c3cccnc3)CCCCC2)CC1. The van der Waals surface area contributed by atoms with Gasteiger partial charge in [0.2, 0.25) is 5.91 Å². The second-order valence-electron chi connectivity index (χ2n) is 6.82. The first-order valence-corrected chi connectivity index (χ1v) is 9.29. The Labute approximate surface area is 143 Å². The fourth-order valence-corrected chi connectivity index (χ4v) is 4.24. The van der Waals surface area contributed by atoms with Crippen molar-refractivity contribution in [1.29, 1.82) is 0 Å². The minimum Gasteiger partial charge on any atom is -0.342 e. The molecule has 5 heteroatoms. The highest BCUT2D eigenvalue weighted by molar-refractivity contribution is 6.27. The summed E-state index contributed by atoms with van der Waals surface area (Å²) in [7, 11) is 0. The molecule has 0 unspecified atom stereocenters. The predicted octanol–water partition coefficient (Wildman–Crippen LogP) is 3.06. The maximum Gasteiger partial charge on any atom is 0.237 e. The number of hydrogen-bond donors (Lipinski definition) is 1. The van der Waals surface area contributed by atoms with E-state index >= 15 is 0 Å². The van der Waals surface area contributed by atoms with Crippen molar-refractivity contribution in [2.24, 2.45) is 0 Å². The number of nitrogens with one attached hydrogen (secondary N) is 1. The van der Waals surface area contributed by atoms with Crippen molar-refractivity contribution in [1.82, 2.24) is 15.2 Å². The molecule has 0 aromatic carbocycles. The molecule has 126 valence electrons. The first-order valence-electron chi connectivity index (χ1n) is 8.75. The van der Waals surface area contributed by atoms with Gasteiger partial charge in [0.1, 0.15) is 5.88 Å². The maximum atomic E-state index is 11.7. The van der Waals surface area contributed by atoms with E-state index in [9.17, 15) is 4.79 Å². The molecule has 0 spiro atoms. The Hall–Kier alpha value is -1.13. The summed E-state index contributed by atoms with van der Waals surface area (Å²) in [5.74, 6) is 0.155. The molecule has 1 amide bonds. The third-order valence-electron chi connectivity index (χ3n) is 5.36. The fraction of sp³-hybridized carbons (Fsp3) is 0.667. The number of carbonyl (C=O) groups excluding carboxylic acids is 1. The smallest absolute Gasteiger partial charge is 0.237 e. The number of aromatic nitrogens is 1. The standard InChI is InChI=1S/C18H26ClN3O/c19-13-17(23)22-11-6-16(7-12-22)21-18(8-2-1-3-9-18)15-5-4-10-20-14-15/h4-5,10,14,16,21H,1-3,6-9,11-13H2. The number of piperidine rings is 1. The number of hydrogen-bond acceptors (Lipinski definition) is 3. The van der Waals surface area contributed by atoms with E-state index in [0.717, 1.165) is 25.9 Å². The summed E-state index contributed by atoms with van der Waals surface area (Å²) in [6, 6.07) is 4.71. The number of alkyl halides is 1. The largest absolute Gasteiger partial charge is 0.342 e. The molecule has 1 N–H and O–H groups in total. The Bertz CT molecular complexity index is 508. The molecular formula is C18H26ClN3O. The van der Waals surface area contributed by atoms with Gasteiger partial charge >= 0.3 is 0 Å². The predicted molar refractivity (Wildman–Crippen MR) is 92.5 cm³/mol. The van der Waals surface area contributed by atoms with Crippen LogP contribution in [-0.2, 0) is 10.3 Å². The Kier molecular flexibility index (Phi) is 5.54. The number of rotatable bonds is 4. The molecule has 1 aromatic heterocycles. The van der Waals surface area contributed by atoms with Gasteiger partial charge in [-0.15, -0.1) is 11.6 Å². The van der Waals surface area contributed by atoms with Gasteiger partial charge in [-0.05, 0) is 37.3 Å².